The van der Waals surface area contributed by atoms with Crippen LogP contribution in [0.1, 0.15) is 0 Å². The summed E-state index contributed by atoms with van der Waals surface area (Å²) in [4.78, 5) is 0.947. The van der Waals surface area contributed by atoms with Gasteiger partial charge in [0.2, 0.25) is 0 Å². The Labute approximate surface area is 103 Å². The second-order valence-corrected chi connectivity index (χ2v) is 7.91. The van der Waals surface area contributed by atoms with Gasteiger partial charge in [0, 0.05) is 0 Å². The number of likely N-dealkylation sites (N-methyl/N-ethyl adjacent to an activating group) is 2. The van der Waals surface area contributed by atoms with Crippen LogP contribution in [-0.2, 0) is 0 Å². The molecule has 0 amide bonds. The number of halogens is 4. The first-order valence-corrected chi connectivity index (χ1v) is 7.75. The molecule has 0 aliphatic carbocycles. The van der Waals surface area contributed by atoms with Gasteiger partial charge in [-0.15, -0.1) is 0 Å². The van der Waals surface area contributed by atoms with Gasteiger partial charge in [-0.05, 0) is 0 Å². The summed E-state index contributed by atoms with van der Waals surface area (Å²) in [5, 5.41) is -1.18. The van der Waals surface area contributed by atoms with Crippen molar-refractivity contribution in [1.82, 2.24) is 4.90 Å². The SMILES string of the molecule is CN1CC[N+](C)=C1[P-](F)(F)(F)(F)c1ccccc1. The molecule has 0 saturated heterocycles. The fourth-order valence-electron chi connectivity index (χ4n) is 2.32. The second kappa shape index (κ2) is 3.23. The molecule has 0 bridgehead atoms. The molecule has 102 valence electrons. The monoisotopic (exact) mass is 282 g/mol. The molecule has 0 aromatic heterocycles. The van der Waals surface area contributed by atoms with Crippen LogP contribution in [0.15, 0.2) is 30.3 Å². The Balaban J connectivity index is 2.75. The predicted octanol–water partition coefficient (Wildman–Crippen LogP) is 2.88. The Bertz CT molecular complexity index is 520. The summed E-state index contributed by atoms with van der Waals surface area (Å²) in [5.74, 6) is 0. The molecule has 2 nitrogen and oxygen atoms in total. The van der Waals surface area contributed by atoms with Crippen molar-refractivity contribution < 1.29 is 21.4 Å². The molecule has 2 rings (SSSR count). The van der Waals surface area contributed by atoms with E-state index in [1.807, 2.05) is 0 Å². The van der Waals surface area contributed by atoms with Crippen molar-refractivity contribution >= 4 is 18.1 Å². The Morgan fingerprint density at radius 2 is 1.67 bits per heavy atom. The van der Waals surface area contributed by atoms with Crippen LogP contribution < -0.4 is 5.30 Å². The van der Waals surface area contributed by atoms with Gasteiger partial charge in [-0.2, -0.15) is 0 Å². The van der Waals surface area contributed by atoms with Crippen LogP contribution in [0.2, 0.25) is 0 Å². The fourth-order valence-corrected chi connectivity index (χ4v) is 4.90. The molecule has 0 radical (unpaired) electrons. The van der Waals surface area contributed by atoms with E-state index in [9.17, 15) is 16.8 Å². The third-order valence-electron chi connectivity index (χ3n) is 3.13. The summed E-state index contributed by atoms with van der Waals surface area (Å²) in [6.45, 7) is 0.343. The van der Waals surface area contributed by atoms with Gasteiger partial charge in [-0.3, -0.25) is 0 Å². The van der Waals surface area contributed by atoms with E-state index in [1.165, 1.54) is 32.3 Å². The maximum atomic E-state index is 14.4. The molecule has 1 aromatic rings. The van der Waals surface area contributed by atoms with E-state index in [2.05, 4.69) is 0 Å². The number of amidine groups is 1. The number of hydrogen-bond donors (Lipinski definition) is 0. The van der Waals surface area contributed by atoms with Gasteiger partial charge in [-0.25, -0.2) is 0 Å². The number of rotatable bonds is 2. The first-order chi connectivity index (χ1) is 8.06. The minimum absolute atomic E-state index is 0.172. The van der Waals surface area contributed by atoms with E-state index in [-0.39, 0.29) is 13.1 Å². The van der Waals surface area contributed by atoms with E-state index in [0.717, 1.165) is 21.6 Å². The molecule has 18 heavy (non-hydrogen) atoms. The first-order valence-electron chi connectivity index (χ1n) is 5.51. The summed E-state index contributed by atoms with van der Waals surface area (Å²) in [6, 6.07) is 5.43. The molecule has 0 fully saturated rings. The van der Waals surface area contributed by atoms with Crippen molar-refractivity contribution in [3.8, 4) is 0 Å². The average molecular weight is 282 g/mol. The van der Waals surface area contributed by atoms with Gasteiger partial charge >= 0.3 is 102 Å². The van der Waals surface area contributed by atoms with E-state index in [4.69, 9.17) is 0 Å². The Hall–Kier alpha value is -1.16. The van der Waals surface area contributed by atoms with Crippen LogP contribution in [-0.4, -0.2) is 42.2 Å². The summed E-state index contributed by atoms with van der Waals surface area (Å²) < 4.78 is 58.6. The third kappa shape index (κ3) is 1.79. The molecule has 0 atom stereocenters. The van der Waals surface area contributed by atoms with Gasteiger partial charge in [-0.1, -0.05) is 0 Å². The van der Waals surface area contributed by atoms with Gasteiger partial charge in [0.15, 0.2) is 0 Å². The van der Waals surface area contributed by atoms with Crippen molar-refractivity contribution in [3.05, 3.63) is 30.3 Å². The molecule has 0 spiro atoms. The summed E-state index contributed by atoms with van der Waals surface area (Å²) in [5.41, 5.74) is -1.15. The molecule has 1 heterocycles. The zero-order chi connectivity index (χ0) is 13.7. The summed E-state index contributed by atoms with van der Waals surface area (Å²) in [7, 11) is -6.15. The van der Waals surface area contributed by atoms with E-state index in [0.29, 0.717) is 0 Å². The fraction of sp³-hybridized carbons (Fsp3) is 0.364. The summed E-state index contributed by atoms with van der Waals surface area (Å²) >= 11 is 0. The quantitative estimate of drug-likeness (QED) is 0.459. The van der Waals surface area contributed by atoms with Crippen LogP contribution >= 0.6 is 7.19 Å². The zero-order valence-electron chi connectivity index (χ0n) is 10.2. The van der Waals surface area contributed by atoms with Crippen LogP contribution in [0.3, 0.4) is 0 Å². The second-order valence-electron chi connectivity index (χ2n) is 4.65. The standard InChI is InChI=1S/C11H15F4N2P/c1-16-8-9-17(2)11(16)18(12,13,14,15)10-6-4-3-5-7-10/h3-7H,8-9H2,1-2H3. The third-order valence-corrected chi connectivity index (χ3v) is 5.96. The number of benzene rings is 1. The van der Waals surface area contributed by atoms with Crippen molar-refractivity contribution in [2.45, 2.75) is 0 Å². The van der Waals surface area contributed by atoms with E-state index >= 15 is 0 Å². The first kappa shape index (κ1) is 13.3. The molecule has 0 saturated carbocycles. The normalized spacial score (nSPS) is 20.9. The van der Waals surface area contributed by atoms with Crippen molar-refractivity contribution in [3.63, 3.8) is 0 Å². The number of nitrogens with zero attached hydrogens (tertiary/aromatic N) is 2. The van der Waals surface area contributed by atoms with Crippen LogP contribution in [0.25, 0.3) is 0 Å². The van der Waals surface area contributed by atoms with Crippen LogP contribution in [0, 0.1) is 0 Å². The van der Waals surface area contributed by atoms with Gasteiger partial charge < -0.3 is 0 Å². The van der Waals surface area contributed by atoms with Crippen LogP contribution in [0.5, 0.6) is 0 Å². The minimum atomic E-state index is -8.69. The maximum absolute atomic E-state index is 14.4. The molecular formula is C11H15F4N2P. The molecule has 1 aromatic carbocycles. The van der Waals surface area contributed by atoms with Gasteiger partial charge in [0.25, 0.3) is 0 Å². The van der Waals surface area contributed by atoms with Gasteiger partial charge in [0.1, 0.15) is 0 Å². The van der Waals surface area contributed by atoms with E-state index < -0.39 is 18.1 Å². The molecule has 1 aliphatic heterocycles. The number of hydrogen-bond acceptors (Lipinski definition) is 1. The predicted molar refractivity (Wildman–Crippen MR) is 66.1 cm³/mol. The Morgan fingerprint density at radius 3 is 2.11 bits per heavy atom. The Kier molecular flexibility index (Phi) is 2.39. The van der Waals surface area contributed by atoms with Crippen molar-refractivity contribution in [2.24, 2.45) is 0 Å². The topological polar surface area (TPSA) is 6.25 Å². The zero-order valence-corrected chi connectivity index (χ0v) is 11.0. The molecule has 0 unspecified atom stereocenters. The van der Waals surface area contributed by atoms with Crippen LogP contribution in [0.4, 0.5) is 16.8 Å². The average Bonchev–Trinajstić information content (AvgIpc) is 2.60. The molecule has 0 N–H and O–H groups in total. The van der Waals surface area contributed by atoms with Gasteiger partial charge in [0.05, 0.1) is 0 Å². The molecule has 1 aliphatic rings. The summed E-state index contributed by atoms with van der Waals surface area (Å²) in [6.07, 6.45) is 0. The van der Waals surface area contributed by atoms with Crippen molar-refractivity contribution in [2.75, 3.05) is 27.2 Å². The van der Waals surface area contributed by atoms with E-state index in [1.54, 1.807) is 0 Å². The Morgan fingerprint density at radius 1 is 1.11 bits per heavy atom. The molecule has 7 heteroatoms. The van der Waals surface area contributed by atoms with Crippen molar-refractivity contribution in [1.29, 1.82) is 0 Å². The molecular weight excluding hydrogens is 267 g/mol.